The highest BCUT2D eigenvalue weighted by Gasteiger charge is 1.97. The molecule has 0 N–H and O–H groups in total. The van der Waals surface area contributed by atoms with Crippen molar-refractivity contribution in [1.82, 2.24) is 0 Å². The molecule has 0 bridgehead atoms. The Labute approximate surface area is 83.4 Å². The van der Waals surface area contributed by atoms with Crippen molar-refractivity contribution in [2.45, 2.75) is 13.3 Å². The van der Waals surface area contributed by atoms with Gasteiger partial charge >= 0.3 is 6.09 Å². The van der Waals surface area contributed by atoms with Crippen LogP contribution in [0.25, 0.3) is 0 Å². The molecule has 1 rings (SSSR count). The summed E-state index contributed by atoms with van der Waals surface area (Å²) in [4.78, 5) is 14.3. The summed E-state index contributed by atoms with van der Waals surface area (Å²) in [7, 11) is 0. The summed E-state index contributed by atoms with van der Waals surface area (Å²) in [5, 5.41) is 0. The third kappa shape index (κ3) is 3.85. The normalized spacial score (nSPS) is 10.4. The van der Waals surface area contributed by atoms with Gasteiger partial charge in [0.15, 0.2) is 0 Å². The molecule has 1 amide bonds. The highest BCUT2D eigenvalue weighted by atomic mass is 16.5. The van der Waals surface area contributed by atoms with Crippen molar-refractivity contribution < 1.29 is 9.53 Å². The van der Waals surface area contributed by atoms with Crippen LogP contribution in [0.15, 0.2) is 35.3 Å². The number of rotatable bonds is 3. The van der Waals surface area contributed by atoms with Crippen LogP contribution in [0.2, 0.25) is 0 Å². The predicted molar refractivity (Wildman–Crippen MR) is 55.7 cm³/mol. The first-order chi connectivity index (χ1) is 6.83. The van der Waals surface area contributed by atoms with Crippen LogP contribution >= 0.6 is 0 Å². The third-order valence-electron chi connectivity index (χ3n) is 1.69. The number of amides is 1. The molecule has 1 aromatic carbocycles. The molecule has 0 atom stereocenters. The van der Waals surface area contributed by atoms with E-state index in [-0.39, 0.29) is 0 Å². The lowest BCUT2D eigenvalue weighted by Gasteiger charge is -2.00. The molecule has 3 nitrogen and oxygen atoms in total. The van der Waals surface area contributed by atoms with E-state index in [9.17, 15) is 4.79 Å². The van der Waals surface area contributed by atoms with E-state index in [4.69, 9.17) is 4.74 Å². The SMILES string of the molecule is CC=NC(=O)OCCc1ccccc1. The van der Waals surface area contributed by atoms with E-state index < -0.39 is 6.09 Å². The minimum absolute atomic E-state index is 0.375. The summed E-state index contributed by atoms with van der Waals surface area (Å²) >= 11 is 0. The number of hydrogen-bond donors (Lipinski definition) is 0. The van der Waals surface area contributed by atoms with Crippen LogP contribution in [0.4, 0.5) is 4.79 Å². The number of ether oxygens (including phenoxy) is 1. The van der Waals surface area contributed by atoms with Gasteiger partial charge < -0.3 is 4.74 Å². The Hall–Kier alpha value is -1.64. The molecule has 74 valence electrons. The first-order valence-electron chi connectivity index (χ1n) is 4.52. The molecule has 0 fully saturated rings. The number of nitrogens with zero attached hydrogens (tertiary/aromatic N) is 1. The molecule has 14 heavy (non-hydrogen) atoms. The van der Waals surface area contributed by atoms with Gasteiger partial charge in [-0.15, -0.1) is 0 Å². The molecule has 0 heterocycles. The maximum Gasteiger partial charge on any atom is 0.433 e. The van der Waals surface area contributed by atoms with Gasteiger partial charge in [0.1, 0.15) is 0 Å². The number of carbonyl (C=O) groups is 1. The predicted octanol–water partition coefficient (Wildman–Crippen LogP) is 2.46. The standard InChI is InChI=1S/C11H13NO2/c1-2-12-11(13)14-9-8-10-6-4-3-5-7-10/h2-7H,8-9H2,1H3. The van der Waals surface area contributed by atoms with Gasteiger partial charge in [-0.25, -0.2) is 4.79 Å². The van der Waals surface area contributed by atoms with E-state index in [2.05, 4.69) is 4.99 Å². The van der Waals surface area contributed by atoms with Gasteiger partial charge in [-0.2, -0.15) is 4.99 Å². The Morgan fingerprint density at radius 3 is 2.79 bits per heavy atom. The van der Waals surface area contributed by atoms with Crippen molar-refractivity contribution in [3.8, 4) is 0 Å². The molecule has 1 aromatic rings. The molecule has 0 aliphatic rings. The zero-order valence-electron chi connectivity index (χ0n) is 8.14. The number of carbonyl (C=O) groups excluding carboxylic acids is 1. The van der Waals surface area contributed by atoms with E-state index in [0.29, 0.717) is 6.61 Å². The Balaban J connectivity index is 2.25. The quantitative estimate of drug-likeness (QED) is 0.688. The van der Waals surface area contributed by atoms with Crippen LogP contribution in [0, 0.1) is 0 Å². The Morgan fingerprint density at radius 1 is 1.43 bits per heavy atom. The Morgan fingerprint density at radius 2 is 2.14 bits per heavy atom. The summed E-state index contributed by atoms with van der Waals surface area (Å²) < 4.78 is 4.85. The van der Waals surface area contributed by atoms with E-state index in [1.807, 2.05) is 30.3 Å². The third-order valence-corrected chi connectivity index (χ3v) is 1.69. The van der Waals surface area contributed by atoms with E-state index >= 15 is 0 Å². The van der Waals surface area contributed by atoms with E-state index in [1.54, 1.807) is 6.92 Å². The van der Waals surface area contributed by atoms with Gasteiger partial charge in [-0.3, -0.25) is 0 Å². The van der Waals surface area contributed by atoms with Gasteiger partial charge in [-0.1, -0.05) is 30.3 Å². The van der Waals surface area contributed by atoms with Gasteiger partial charge in [0.2, 0.25) is 0 Å². The number of hydrogen-bond acceptors (Lipinski definition) is 2. The minimum atomic E-state index is -0.525. The van der Waals surface area contributed by atoms with Crippen LogP contribution < -0.4 is 0 Å². The zero-order valence-corrected chi connectivity index (χ0v) is 8.14. The molecule has 0 spiro atoms. The molecular formula is C11H13NO2. The summed E-state index contributed by atoms with van der Waals surface area (Å²) in [6.45, 7) is 2.05. The largest absolute Gasteiger partial charge is 0.448 e. The molecule has 0 aromatic heterocycles. The van der Waals surface area contributed by atoms with Gasteiger partial charge in [0.25, 0.3) is 0 Å². The van der Waals surface area contributed by atoms with Crippen LogP contribution in [0.5, 0.6) is 0 Å². The zero-order chi connectivity index (χ0) is 10.2. The van der Waals surface area contributed by atoms with Gasteiger partial charge in [0.05, 0.1) is 6.61 Å². The molecule has 0 saturated carbocycles. The Kier molecular flexibility index (Phi) is 4.41. The Bertz CT molecular complexity index is 306. The fourth-order valence-corrected chi connectivity index (χ4v) is 1.04. The molecule has 0 unspecified atom stereocenters. The first-order valence-corrected chi connectivity index (χ1v) is 4.52. The van der Waals surface area contributed by atoms with Crippen molar-refractivity contribution in [3.63, 3.8) is 0 Å². The smallest absolute Gasteiger partial charge is 0.433 e. The minimum Gasteiger partial charge on any atom is -0.448 e. The van der Waals surface area contributed by atoms with Crippen LogP contribution in [0.1, 0.15) is 12.5 Å². The average Bonchev–Trinajstić information content (AvgIpc) is 2.20. The van der Waals surface area contributed by atoms with Crippen molar-refractivity contribution in [1.29, 1.82) is 0 Å². The molecule has 0 aliphatic heterocycles. The summed E-state index contributed by atoms with van der Waals surface area (Å²) in [5.74, 6) is 0. The summed E-state index contributed by atoms with van der Waals surface area (Å²) in [6.07, 6.45) is 1.62. The van der Waals surface area contributed by atoms with Crippen molar-refractivity contribution in [2.24, 2.45) is 4.99 Å². The maximum absolute atomic E-state index is 10.8. The fourth-order valence-electron chi connectivity index (χ4n) is 1.04. The van der Waals surface area contributed by atoms with Crippen LogP contribution in [0.3, 0.4) is 0 Å². The number of benzene rings is 1. The van der Waals surface area contributed by atoms with Crippen molar-refractivity contribution in [3.05, 3.63) is 35.9 Å². The number of aliphatic imine (C=N–C) groups is 1. The van der Waals surface area contributed by atoms with E-state index in [0.717, 1.165) is 12.0 Å². The summed E-state index contributed by atoms with van der Waals surface area (Å²) in [6, 6.07) is 9.87. The second kappa shape index (κ2) is 5.91. The monoisotopic (exact) mass is 191 g/mol. The maximum atomic E-state index is 10.8. The molecule has 3 heteroatoms. The second-order valence-electron chi connectivity index (χ2n) is 2.74. The van der Waals surface area contributed by atoms with E-state index in [1.165, 1.54) is 6.21 Å². The lowest BCUT2D eigenvalue weighted by Crippen LogP contribution is -2.03. The van der Waals surface area contributed by atoms with Crippen molar-refractivity contribution >= 4 is 12.3 Å². The van der Waals surface area contributed by atoms with Crippen LogP contribution in [-0.4, -0.2) is 18.9 Å². The lowest BCUT2D eigenvalue weighted by molar-refractivity contribution is 0.159. The lowest BCUT2D eigenvalue weighted by atomic mass is 10.2. The molecule has 0 radical (unpaired) electrons. The van der Waals surface area contributed by atoms with Crippen LogP contribution in [-0.2, 0) is 11.2 Å². The highest BCUT2D eigenvalue weighted by Crippen LogP contribution is 1.99. The second-order valence-corrected chi connectivity index (χ2v) is 2.74. The summed E-state index contributed by atoms with van der Waals surface area (Å²) in [5.41, 5.74) is 1.15. The molecule has 0 aliphatic carbocycles. The first kappa shape index (κ1) is 10.4. The van der Waals surface area contributed by atoms with Gasteiger partial charge in [-0.05, 0) is 12.5 Å². The topological polar surface area (TPSA) is 38.7 Å². The average molecular weight is 191 g/mol. The van der Waals surface area contributed by atoms with Gasteiger partial charge in [0, 0.05) is 12.6 Å². The molecule has 0 saturated heterocycles. The molecular weight excluding hydrogens is 178 g/mol. The fraction of sp³-hybridized carbons (Fsp3) is 0.273. The highest BCUT2D eigenvalue weighted by molar-refractivity contribution is 5.78. The van der Waals surface area contributed by atoms with Crippen molar-refractivity contribution in [2.75, 3.05) is 6.61 Å².